The molecule has 0 bridgehead atoms. The maximum atomic E-state index is 9.89. The van der Waals surface area contributed by atoms with E-state index in [0.29, 0.717) is 0 Å². The SMILES string of the molecule is CCCCCCCCC(CCCOC)C(OC)(OC)OC.COC(C)CC(=O)O. The second kappa shape index (κ2) is 20.5. The zero-order valence-corrected chi connectivity index (χ0v) is 19.8. The molecule has 2 unspecified atom stereocenters. The number of carboxylic acid groups (broad SMARTS) is 1. The molecule has 0 aromatic rings. The molecule has 2 atom stereocenters. The van der Waals surface area contributed by atoms with Gasteiger partial charge in [0.05, 0.1) is 12.5 Å². The summed E-state index contributed by atoms with van der Waals surface area (Å²) in [6.45, 7) is 4.73. The van der Waals surface area contributed by atoms with Crippen molar-refractivity contribution < 1.29 is 33.6 Å². The fourth-order valence-electron chi connectivity index (χ4n) is 3.22. The van der Waals surface area contributed by atoms with Crippen LogP contribution in [0.1, 0.15) is 78.1 Å². The first-order valence-electron chi connectivity index (χ1n) is 10.8. The van der Waals surface area contributed by atoms with E-state index in [1.54, 1.807) is 35.4 Å². The highest BCUT2D eigenvalue weighted by atomic mass is 16.9. The molecule has 176 valence electrons. The van der Waals surface area contributed by atoms with Gasteiger partial charge in [0.1, 0.15) is 0 Å². The highest BCUT2D eigenvalue weighted by molar-refractivity contribution is 5.67. The van der Waals surface area contributed by atoms with Crippen LogP contribution in [-0.2, 0) is 28.5 Å². The molecule has 0 fully saturated rings. The summed E-state index contributed by atoms with van der Waals surface area (Å²) in [5, 5.41) is 8.14. The quantitative estimate of drug-likeness (QED) is 0.249. The maximum absolute atomic E-state index is 9.89. The Labute approximate surface area is 178 Å². The van der Waals surface area contributed by atoms with Gasteiger partial charge in [-0.05, 0) is 26.2 Å². The van der Waals surface area contributed by atoms with E-state index in [2.05, 4.69) is 11.7 Å². The second-order valence-corrected chi connectivity index (χ2v) is 7.25. The Balaban J connectivity index is 0. The lowest BCUT2D eigenvalue weighted by atomic mass is 9.93. The van der Waals surface area contributed by atoms with Gasteiger partial charge in [0.2, 0.25) is 0 Å². The van der Waals surface area contributed by atoms with Crippen molar-refractivity contribution in [1.82, 2.24) is 0 Å². The standard InChI is InChI=1S/C17H36O4.C5H10O3/c1-6-7-8-9-10-11-13-16(14-12-15-18-2)17(19-3,20-4)21-5;1-4(8-2)3-5(6)7/h16H,6-15H2,1-5H3;4H,3H2,1-2H3,(H,6,7). The number of unbranched alkanes of at least 4 members (excludes halogenated alkanes) is 5. The molecule has 0 amide bonds. The summed E-state index contributed by atoms with van der Waals surface area (Å²) in [4.78, 5) is 9.89. The van der Waals surface area contributed by atoms with Crippen LogP contribution >= 0.6 is 0 Å². The third-order valence-corrected chi connectivity index (χ3v) is 5.03. The van der Waals surface area contributed by atoms with Gasteiger partial charge < -0.3 is 28.8 Å². The number of aliphatic carboxylic acids is 1. The Morgan fingerprint density at radius 1 is 0.862 bits per heavy atom. The molecule has 29 heavy (non-hydrogen) atoms. The van der Waals surface area contributed by atoms with Gasteiger partial charge in [-0.3, -0.25) is 4.79 Å². The van der Waals surface area contributed by atoms with E-state index in [1.165, 1.54) is 45.6 Å². The maximum Gasteiger partial charge on any atom is 0.305 e. The average molecular weight is 423 g/mol. The lowest BCUT2D eigenvalue weighted by Crippen LogP contribution is -2.44. The van der Waals surface area contributed by atoms with Crippen molar-refractivity contribution in [2.24, 2.45) is 5.92 Å². The predicted octanol–water partition coefficient (Wildman–Crippen LogP) is 4.87. The molecule has 0 heterocycles. The first-order valence-corrected chi connectivity index (χ1v) is 10.8. The van der Waals surface area contributed by atoms with Crippen LogP contribution in [0.3, 0.4) is 0 Å². The number of rotatable bonds is 18. The van der Waals surface area contributed by atoms with Crippen LogP contribution in [0.4, 0.5) is 0 Å². The monoisotopic (exact) mass is 422 g/mol. The van der Waals surface area contributed by atoms with Gasteiger partial charge in [0.15, 0.2) is 0 Å². The summed E-state index contributed by atoms with van der Waals surface area (Å²) >= 11 is 0. The molecule has 0 aliphatic heterocycles. The number of methoxy groups -OCH3 is 5. The smallest absolute Gasteiger partial charge is 0.305 e. The number of ether oxygens (including phenoxy) is 5. The summed E-state index contributed by atoms with van der Waals surface area (Å²) in [6.07, 6.45) is 10.7. The van der Waals surface area contributed by atoms with Crippen molar-refractivity contribution in [3.05, 3.63) is 0 Å². The highest BCUT2D eigenvalue weighted by Crippen LogP contribution is 2.32. The lowest BCUT2D eigenvalue weighted by molar-refractivity contribution is -0.380. The number of carbonyl (C=O) groups is 1. The molecule has 7 heteroatoms. The Kier molecular flexibility index (Phi) is 21.6. The van der Waals surface area contributed by atoms with Gasteiger partial charge in [-0.1, -0.05) is 45.4 Å². The van der Waals surface area contributed by atoms with Gasteiger partial charge >= 0.3 is 5.97 Å². The molecule has 0 aliphatic carbocycles. The number of hydrogen-bond acceptors (Lipinski definition) is 6. The molecule has 0 aliphatic rings. The van der Waals surface area contributed by atoms with Crippen molar-refractivity contribution in [2.75, 3.05) is 42.2 Å². The molecule has 1 N–H and O–H groups in total. The van der Waals surface area contributed by atoms with E-state index in [0.717, 1.165) is 25.9 Å². The van der Waals surface area contributed by atoms with Crippen molar-refractivity contribution >= 4 is 5.97 Å². The molecule has 0 spiro atoms. The fourth-order valence-corrected chi connectivity index (χ4v) is 3.22. The van der Waals surface area contributed by atoms with Crippen LogP contribution in [0.5, 0.6) is 0 Å². The average Bonchev–Trinajstić information content (AvgIpc) is 2.71. The van der Waals surface area contributed by atoms with Crippen molar-refractivity contribution in [3.8, 4) is 0 Å². The van der Waals surface area contributed by atoms with Gasteiger partial charge in [-0.15, -0.1) is 0 Å². The van der Waals surface area contributed by atoms with E-state index < -0.39 is 11.9 Å². The van der Waals surface area contributed by atoms with E-state index >= 15 is 0 Å². The van der Waals surface area contributed by atoms with Crippen molar-refractivity contribution in [2.45, 2.75) is 90.1 Å². The van der Waals surface area contributed by atoms with Gasteiger partial charge in [0.25, 0.3) is 5.97 Å². The van der Waals surface area contributed by atoms with Crippen LogP contribution < -0.4 is 0 Å². The van der Waals surface area contributed by atoms with Crippen molar-refractivity contribution in [1.29, 1.82) is 0 Å². The van der Waals surface area contributed by atoms with Crippen LogP contribution in [-0.4, -0.2) is 65.3 Å². The molecular formula is C22H46O7. The van der Waals surface area contributed by atoms with Gasteiger partial charge in [-0.2, -0.15) is 0 Å². The largest absolute Gasteiger partial charge is 0.481 e. The Morgan fingerprint density at radius 3 is 1.79 bits per heavy atom. The molecular weight excluding hydrogens is 376 g/mol. The highest BCUT2D eigenvalue weighted by Gasteiger charge is 2.39. The molecule has 0 aromatic heterocycles. The van der Waals surface area contributed by atoms with E-state index in [4.69, 9.17) is 24.1 Å². The van der Waals surface area contributed by atoms with Gasteiger partial charge in [0, 0.05) is 48.1 Å². The number of carboxylic acids is 1. The molecule has 7 nitrogen and oxygen atoms in total. The summed E-state index contributed by atoms with van der Waals surface area (Å²) < 4.78 is 26.5. The van der Waals surface area contributed by atoms with Crippen LogP contribution in [0.2, 0.25) is 0 Å². The van der Waals surface area contributed by atoms with E-state index in [1.807, 2.05) is 0 Å². The lowest BCUT2D eigenvalue weighted by Gasteiger charge is -2.36. The Morgan fingerprint density at radius 2 is 1.38 bits per heavy atom. The molecule has 0 saturated heterocycles. The summed E-state index contributed by atoms with van der Waals surface area (Å²) in [5.74, 6) is -1.50. The topological polar surface area (TPSA) is 83.5 Å². The second-order valence-electron chi connectivity index (χ2n) is 7.25. The third kappa shape index (κ3) is 15.7. The Bertz CT molecular complexity index is 351. The minimum atomic E-state index is -0.919. The van der Waals surface area contributed by atoms with Crippen LogP contribution in [0.25, 0.3) is 0 Å². The molecule has 0 rings (SSSR count). The zero-order chi connectivity index (χ0) is 22.5. The normalized spacial score (nSPS) is 13.5. The van der Waals surface area contributed by atoms with Crippen LogP contribution in [0, 0.1) is 5.92 Å². The number of hydrogen-bond donors (Lipinski definition) is 1. The molecule has 0 radical (unpaired) electrons. The van der Waals surface area contributed by atoms with E-state index in [9.17, 15) is 4.79 Å². The first kappa shape index (κ1) is 30.5. The predicted molar refractivity (Wildman–Crippen MR) is 115 cm³/mol. The van der Waals surface area contributed by atoms with Crippen molar-refractivity contribution in [3.63, 3.8) is 0 Å². The fraction of sp³-hybridized carbons (Fsp3) is 0.955. The van der Waals surface area contributed by atoms with Crippen LogP contribution in [0.15, 0.2) is 0 Å². The minimum absolute atomic E-state index is 0.0799. The van der Waals surface area contributed by atoms with Gasteiger partial charge in [-0.25, -0.2) is 0 Å². The summed E-state index contributed by atoms with van der Waals surface area (Å²) in [7, 11) is 8.18. The first-order chi connectivity index (χ1) is 13.9. The Hall–Kier alpha value is -0.730. The molecule has 0 aromatic carbocycles. The molecule has 0 saturated carbocycles. The summed E-state index contributed by atoms with van der Waals surface area (Å²) in [5.41, 5.74) is 0. The third-order valence-electron chi connectivity index (χ3n) is 5.03. The summed E-state index contributed by atoms with van der Waals surface area (Å²) in [6, 6.07) is 0. The zero-order valence-electron chi connectivity index (χ0n) is 19.8. The van der Waals surface area contributed by atoms with E-state index in [-0.39, 0.29) is 18.4 Å². The minimum Gasteiger partial charge on any atom is -0.481 e.